The molecule has 2 aromatic carbocycles. The molecule has 0 aromatic heterocycles. The van der Waals surface area contributed by atoms with Crippen LogP contribution in [0.5, 0.6) is 5.75 Å². The molecule has 0 bridgehead atoms. The number of hydrogen-bond donors (Lipinski definition) is 1. The van der Waals surface area contributed by atoms with Gasteiger partial charge in [-0.2, -0.15) is 4.31 Å². The van der Waals surface area contributed by atoms with Gasteiger partial charge >= 0.3 is 0 Å². The Morgan fingerprint density at radius 3 is 2.33 bits per heavy atom. The van der Waals surface area contributed by atoms with Gasteiger partial charge in [0.05, 0.1) is 12.0 Å². The molecule has 0 aliphatic rings. The Hall–Kier alpha value is -2.38. The van der Waals surface area contributed by atoms with Gasteiger partial charge in [-0.3, -0.25) is 4.79 Å². The number of carbonyl (C=O) groups is 1. The molecular formula is C17H20N2O4S. The summed E-state index contributed by atoms with van der Waals surface area (Å²) in [5.41, 5.74) is 1.33. The van der Waals surface area contributed by atoms with E-state index in [1.807, 2.05) is 18.2 Å². The molecular weight excluding hydrogens is 328 g/mol. The standard InChI is InChI=1S/C17H20N2O4S/c1-13(20)18-15-8-10-16(11-9-15)24(21,22)19(2)12-14-6-4-5-7-17(14)23-3/h4-11H,12H2,1-3H3,(H,18,20). The third kappa shape index (κ3) is 4.12. The number of methoxy groups -OCH3 is 1. The van der Waals surface area contributed by atoms with Gasteiger partial charge in [-0.1, -0.05) is 18.2 Å². The Bertz CT molecular complexity index is 817. The molecule has 2 rings (SSSR count). The summed E-state index contributed by atoms with van der Waals surface area (Å²) < 4.78 is 31.9. The van der Waals surface area contributed by atoms with Gasteiger partial charge in [-0.05, 0) is 30.3 Å². The predicted molar refractivity (Wildman–Crippen MR) is 92.4 cm³/mol. The Kier molecular flexibility index (Phi) is 5.58. The predicted octanol–water partition coefficient (Wildman–Crippen LogP) is 2.47. The molecule has 6 nitrogen and oxygen atoms in total. The van der Waals surface area contributed by atoms with Crippen LogP contribution in [0.15, 0.2) is 53.4 Å². The summed E-state index contributed by atoms with van der Waals surface area (Å²) in [6, 6.07) is 13.3. The highest BCUT2D eigenvalue weighted by Crippen LogP contribution is 2.23. The number of carbonyl (C=O) groups excluding carboxylic acids is 1. The lowest BCUT2D eigenvalue weighted by atomic mass is 10.2. The van der Waals surface area contributed by atoms with E-state index in [4.69, 9.17) is 4.74 Å². The number of benzene rings is 2. The Morgan fingerprint density at radius 2 is 1.75 bits per heavy atom. The van der Waals surface area contributed by atoms with Crippen LogP contribution in [0, 0.1) is 0 Å². The van der Waals surface area contributed by atoms with Crippen LogP contribution in [-0.4, -0.2) is 32.8 Å². The molecule has 7 heteroatoms. The van der Waals surface area contributed by atoms with Gasteiger partial charge < -0.3 is 10.1 Å². The van der Waals surface area contributed by atoms with E-state index in [1.165, 1.54) is 30.4 Å². The Morgan fingerprint density at radius 1 is 1.12 bits per heavy atom. The number of rotatable bonds is 6. The van der Waals surface area contributed by atoms with Gasteiger partial charge in [-0.15, -0.1) is 0 Å². The molecule has 0 atom stereocenters. The first-order valence-corrected chi connectivity index (χ1v) is 8.74. The van der Waals surface area contributed by atoms with Crippen LogP contribution in [0.2, 0.25) is 0 Å². The quantitative estimate of drug-likeness (QED) is 0.870. The third-order valence-corrected chi connectivity index (χ3v) is 5.29. The van der Waals surface area contributed by atoms with Gasteiger partial charge in [0.15, 0.2) is 0 Å². The van der Waals surface area contributed by atoms with Crippen molar-refractivity contribution < 1.29 is 17.9 Å². The number of hydrogen-bond acceptors (Lipinski definition) is 4. The van der Waals surface area contributed by atoms with Crippen LogP contribution in [0.1, 0.15) is 12.5 Å². The number of anilines is 1. The summed E-state index contributed by atoms with van der Waals surface area (Å²) in [7, 11) is -0.575. The molecule has 0 unspecified atom stereocenters. The zero-order valence-electron chi connectivity index (χ0n) is 13.8. The Balaban J connectivity index is 2.21. The SMILES string of the molecule is COc1ccccc1CN(C)S(=O)(=O)c1ccc(NC(C)=O)cc1. The fraction of sp³-hybridized carbons (Fsp3) is 0.235. The molecule has 0 aliphatic heterocycles. The minimum absolute atomic E-state index is 0.161. The van der Waals surface area contributed by atoms with Crippen molar-refractivity contribution in [2.75, 3.05) is 19.5 Å². The van der Waals surface area contributed by atoms with Crippen molar-refractivity contribution in [2.45, 2.75) is 18.4 Å². The highest BCUT2D eigenvalue weighted by Gasteiger charge is 2.21. The summed E-state index contributed by atoms with van der Waals surface area (Å²) in [5, 5.41) is 2.60. The lowest BCUT2D eigenvalue weighted by Crippen LogP contribution is -2.26. The van der Waals surface area contributed by atoms with Gasteiger partial charge in [0.25, 0.3) is 0 Å². The topological polar surface area (TPSA) is 75.7 Å². The number of nitrogens with one attached hydrogen (secondary N) is 1. The summed E-state index contributed by atoms with van der Waals surface area (Å²) in [4.78, 5) is 11.2. The maximum absolute atomic E-state index is 12.7. The van der Waals surface area contributed by atoms with Crippen LogP contribution in [0.4, 0.5) is 5.69 Å². The van der Waals surface area contributed by atoms with Crippen molar-refractivity contribution in [3.05, 3.63) is 54.1 Å². The molecule has 24 heavy (non-hydrogen) atoms. The minimum Gasteiger partial charge on any atom is -0.496 e. The molecule has 0 radical (unpaired) electrons. The van der Waals surface area contributed by atoms with Crippen LogP contribution in [-0.2, 0) is 21.4 Å². The van der Waals surface area contributed by atoms with E-state index >= 15 is 0 Å². The molecule has 2 aromatic rings. The maximum atomic E-state index is 12.7. The molecule has 0 saturated carbocycles. The summed E-state index contributed by atoms with van der Waals surface area (Å²) in [6.07, 6.45) is 0. The minimum atomic E-state index is -3.64. The van der Waals surface area contributed by atoms with Crippen molar-refractivity contribution in [1.82, 2.24) is 4.31 Å². The van der Waals surface area contributed by atoms with Gasteiger partial charge in [0.1, 0.15) is 5.75 Å². The molecule has 0 fully saturated rings. The fourth-order valence-corrected chi connectivity index (χ4v) is 3.40. The van der Waals surface area contributed by atoms with E-state index in [1.54, 1.807) is 25.3 Å². The first kappa shape index (κ1) is 18.0. The van der Waals surface area contributed by atoms with E-state index in [9.17, 15) is 13.2 Å². The third-order valence-electron chi connectivity index (χ3n) is 3.47. The highest BCUT2D eigenvalue weighted by molar-refractivity contribution is 7.89. The van der Waals surface area contributed by atoms with Crippen molar-refractivity contribution in [3.63, 3.8) is 0 Å². The fourth-order valence-electron chi connectivity index (χ4n) is 2.25. The molecule has 0 spiro atoms. The van der Waals surface area contributed by atoms with E-state index in [-0.39, 0.29) is 17.3 Å². The molecule has 0 heterocycles. The second-order valence-corrected chi connectivity index (χ2v) is 7.32. The number of ether oxygens (including phenoxy) is 1. The van der Waals surface area contributed by atoms with E-state index in [0.29, 0.717) is 11.4 Å². The normalized spacial score (nSPS) is 11.3. The van der Waals surface area contributed by atoms with Crippen LogP contribution in [0.25, 0.3) is 0 Å². The monoisotopic (exact) mass is 348 g/mol. The lowest BCUT2D eigenvalue weighted by Gasteiger charge is -2.19. The molecule has 0 saturated heterocycles. The van der Waals surface area contributed by atoms with E-state index < -0.39 is 10.0 Å². The Labute approximate surface area is 142 Å². The zero-order chi connectivity index (χ0) is 17.7. The molecule has 128 valence electrons. The molecule has 0 aliphatic carbocycles. The van der Waals surface area contributed by atoms with Crippen molar-refractivity contribution >= 4 is 21.6 Å². The van der Waals surface area contributed by atoms with Crippen LogP contribution >= 0.6 is 0 Å². The van der Waals surface area contributed by atoms with Crippen molar-refractivity contribution in [3.8, 4) is 5.75 Å². The number of para-hydroxylation sites is 1. The summed E-state index contributed by atoms with van der Waals surface area (Å²) in [6.45, 7) is 1.59. The summed E-state index contributed by atoms with van der Waals surface area (Å²) in [5.74, 6) is 0.430. The van der Waals surface area contributed by atoms with Gasteiger partial charge in [0, 0.05) is 31.8 Å². The summed E-state index contributed by atoms with van der Waals surface area (Å²) >= 11 is 0. The van der Waals surface area contributed by atoms with E-state index in [2.05, 4.69) is 5.32 Å². The number of amides is 1. The first-order chi connectivity index (χ1) is 11.3. The molecule has 1 N–H and O–H groups in total. The lowest BCUT2D eigenvalue weighted by molar-refractivity contribution is -0.114. The largest absolute Gasteiger partial charge is 0.496 e. The van der Waals surface area contributed by atoms with E-state index in [0.717, 1.165) is 5.56 Å². The van der Waals surface area contributed by atoms with Gasteiger partial charge in [-0.25, -0.2) is 8.42 Å². The number of sulfonamides is 1. The second-order valence-electron chi connectivity index (χ2n) is 5.28. The average Bonchev–Trinajstić information content (AvgIpc) is 2.55. The second kappa shape index (κ2) is 7.46. The van der Waals surface area contributed by atoms with Crippen LogP contribution in [0.3, 0.4) is 0 Å². The highest BCUT2D eigenvalue weighted by atomic mass is 32.2. The van der Waals surface area contributed by atoms with Crippen LogP contribution < -0.4 is 10.1 Å². The van der Waals surface area contributed by atoms with Crippen molar-refractivity contribution in [1.29, 1.82) is 0 Å². The van der Waals surface area contributed by atoms with Crippen molar-refractivity contribution in [2.24, 2.45) is 0 Å². The number of nitrogens with zero attached hydrogens (tertiary/aromatic N) is 1. The molecule has 1 amide bonds. The smallest absolute Gasteiger partial charge is 0.243 e. The zero-order valence-corrected chi connectivity index (χ0v) is 14.6. The van der Waals surface area contributed by atoms with Gasteiger partial charge in [0.2, 0.25) is 15.9 Å². The average molecular weight is 348 g/mol. The first-order valence-electron chi connectivity index (χ1n) is 7.30. The maximum Gasteiger partial charge on any atom is 0.243 e.